The van der Waals surface area contributed by atoms with Crippen LogP contribution in [0.25, 0.3) is 11.3 Å². The van der Waals surface area contributed by atoms with E-state index in [1.54, 1.807) is 17.7 Å². The second-order valence-electron chi connectivity index (χ2n) is 4.90. The molecule has 6 heteroatoms. The zero-order chi connectivity index (χ0) is 13.9. The largest absolute Gasteiger partial charge is 0.481 e. The molecule has 1 aliphatic rings. The predicted molar refractivity (Wildman–Crippen MR) is 77.9 cm³/mol. The van der Waals surface area contributed by atoms with Crippen molar-refractivity contribution in [3.8, 4) is 11.3 Å². The van der Waals surface area contributed by atoms with E-state index in [1.165, 1.54) is 0 Å². The first kappa shape index (κ1) is 13.1. The molecular formula is C14H15N3O2S. The van der Waals surface area contributed by atoms with Crippen molar-refractivity contribution in [3.63, 3.8) is 0 Å². The van der Waals surface area contributed by atoms with E-state index in [-0.39, 0.29) is 5.92 Å². The molecular weight excluding hydrogens is 274 g/mol. The number of hydrogen-bond donors (Lipinski definition) is 1. The van der Waals surface area contributed by atoms with Gasteiger partial charge in [-0.25, -0.2) is 9.97 Å². The number of thiophene rings is 1. The molecule has 5 nitrogen and oxygen atoms in total. The Bertz CT molecular complexity index is 600. The quantitative estimate of drug-likeness (QED) is 0.940. The van der Waals surface area contributed by atoms with Gasteiger partial charge in [-0.3, -0.25) is 4.79 Å². The molecule has 1 fully saturated rings. The number of rotatable bonds is 3. The highest BCUT2D eigenvalue weighted by Gasteiger charge is 2.26. The average Bonchev–Trinajstić information content (AvgIpc) is 3.02. The van der Waals surface area contributed by atoms with Crippen LogP contribution in [0.15, 0.2) is 29.2 Å². The maximum Gasteiger partial charge on any atom is 0.308 e. The Labute approximate surface area is 120 Å². The molecule has 20 heavy (non-hydrogen) atoms. The summed E-state index contributed by atoms with van der Waals surface area (Å²) in [5.74, 6) is -0.211. The highest BCUT2D eigenvalue weighted by atomic mass is 32.1. The van der Waals surface area contributed by atoms with E-state index in [4.69, 9.17) is 5.11 Å². The van der Waals surface area contributed by atoms with E-state index in [2.05, 4.69) is 9.97 Å². The summed E-state index contributed by atoms with van der Waals surface area (Å²) < 4.78 is 0. The lowest BCUT2D eigenvalue weighted by atomic mass is 9.98. The first-order chi connectivity index (χ1) is 9.74. The molecule has 1 saturated heterocycles. The third-order valence-corrected chi connectivity index (χ3v) is 4.25. The maximum atomic E-state index is 11.1. The highest BCUT2D eigenvalue weighted by Crippen LogP contribution is 2.26. The number of carboxylic acids is 1. The molecule has 1 unspecified atom stereocenters. The lowest BCUT2D eigenvalue weighted by Gasteiger charge is -2.31. The summed E-state index contributed by atoms with van der Waals surface area (Å²) in [6.45, 7) is 1.37. The van der Waals surface area contributed by atoms with Crippen LogP contribution >= 0.6 is 11.3 Å². The van der Waals surface area contributed by atoms with Crippen LogP contribution in [0.3, 0.4) is 0 Å². The SMILES string of the molecule is O=C(O)C1CCCN(c2cc(-c3ccsc3)ncn2)C1. The van der Waals surface area contributed by atoms with E-state index >= 15 is 0 Å². The first-order valence-corrected chi connectivity index (χ1v) is 7.50. The van der Waals surface area contributed by atoms with Gasteiger partial charge in [0, 0.05) is 30.1 Å². The molecule has 1 N–H and O–H groups in total. The fraction of sp³-hybridized carbons (Fsp3) is 0.357. The summed E-state index contributed by atoms with van der Waals surface area (Å²) in [7, 11) is 0. The Balaban J connectivity index is 1.83. The Morgan fingerprint density at radius 3 is 3.10 bits per heavy atom. The molecule has 0 aromatic carbocycles. The van der Waals surface area contributed by atoms with Crippen LogP contribution in [0.2, 0.25) is 0 Å². The molecule has 0 bridgehead atoms. The minimum Gasteiger partial charge on any atom is -0.481 e. The van der Waals surface area contributed by atoms with Gasteiger partial charge in [-0.15, -0.1) is 0 Å². The van der Waals surface area contributed by atoms with Crippen molar-refractivity contribution in [2.75, 3.05) is 18.0 Å². The van der Waals surface area contributed by atoms with Crippen LogP contribution in [0.4, 0.5) is 5.82 Å². The van der Waals surface area contributed by atoms with Crippen molar-refractivity contribution in [1.82, 2.24) is 9.97 Å². The van der Waals surface area contributed by atoms with Gasteiger partial charge in [0.1, 0.15) is 12.1 Å². The minimum atomic E-state index is -0.721. The van der Waals surface area contributed by atoms with Gasteiger partial charge < -0.3 is 10.0 Å². The van der Waals surface area contributed by atoms with Gasteiger partial charge >= 0.3 is 5.97 Å². The summed E-state index contributed by atoms with van der Waals surface area (Å²) in [5.41, 5.74) is 1.96. The molecule has 3 heterocycles. The number of aliphatic carboxylic acids is 1. The van der Waals surface area contributed by atoms with Gasteiger partial charge in [-0.05, 0) is 24.3 Å². The monoisotopic (exact) mass is 289 g/mol. The Hall–Kier alpha value is -1.95. The summed E-state index contributed by atoms with van der Waals surface area (Å²) in [5, 5.41) is 13.2. The van der Waals surface area contributed by atoms with Gasteiger partial charge in [0.2, 0.25) is 0 Å². The molecule has 3 rings (SSSR count). The number of carboxylic acid groups (broad SMARTS) is 1. The van der Waals surface area contributed by atoms with Gasteiger partial charge in [0.25, 0.3) is 0 Å². The van der Waals surface area contributed by atoms with Crippen LogP contribution in [0, 0.1) is 5.92 Å². The summed E-state index contributed by atoms with van der Waals surface area (Å²) in [6.07, 6.45) is 3.18. The van der Waals surface area contributed by atoms with E-state index in [0.717, 1.165) is 36.5 Å². The number of anilines is 1. The van der Waals surface area contributed by atoms with Crippen LogP contribution in [-0.4, -0.2) is 34.1 Å². The molecule has 1 atom stereocenters. The third kappa shape index (κ3) is 2.65. The second-order valence-corrected chi connectivity index (χ2v) is 5.68. The molecule has 2 aromatic heterocycles. The predicted octanol–water partition coefficient (Wildman–Crippen LogP) is 2.51. The molecule has 0 saturated carbocycles. The van der Waals surface area contributed by atoms with Crippen LogP contribution < -0.4 is 4.90 Å². The van der Waals surface area contributed by atoms with Crippen molar-refractivity contribution in [2.24, 2.45) is 5.92 Å². The number of carbonyl (C=O) groups is 1. The van der Waals surface area contributed by atoms with Gasteiger partial charge in [-0.2, -0.15) is 11.3 Å². The molecule has 0 spiro atoms. The zero-order valence-electron chi connectivity index (χ0n) is 10.9. The standard InChI is InChI=1S/C14H15N3O2S/c18-14(19)10-2-1-4-17(7-10)13-6-12(15-9-16-13)11-3-5-20-8-11/h3,5-6,8-10H,1-2,4,7H2,(H,18,19). The van der Waals surface area contributed by atoms with Crippen LogP contribution in [0.1, 0.15) is 12.8 Å². The third-order valence-electron chi connectivity index (χ3n) is 3.56. The zero-order valence-corrected chi connectivity index (χ0v) is 11.7. The Kier molecular flexibility index (Phi) is 3.64. The van der Waals surface area contributed by atoms with Gasteiger partial charge in [0.15, 0.2) is 0 Å². The number of aromatic nitrogens is 2. The van der Waals surface area contributed by atoms with E-state index < -0.39 is 5.97 Å². The lowest BCUT2D eigenvalue weighted by molar-refractivity contribution is -0.141. The molecule has 0 aliphatic carbocycles. The minimum absolute atomic E-state index is 0.302. The topological polar surface area (TPSA) is 66.3 Å². The van der Waals surface area contributed by atoms with E-state index in [1.807, 2.05) is 27.8 Å². The Morgan fingerprint density at radius 2 is 2.35 bits per heavy atom. The number of hydrogen-bond acceptors (Lipinski definition) is 5. The fourth-order valence-electron chi connectivity index (χ4n) is 2.47. The van der Waals surface area contributed by atoms with Crippen molar-refractivity contribution in [1.29, 1.82) is 0 Å². The molecule has 104 valence electrons. The molecule has 0 radical (unpaired) electrons. The molecule has 2 aromatic rings. The highest BCUT2D eigenvalue weighted by molar-refractivity contribution is 7.08. The van der Waals surface area contributed by atoms with E-state index in [9.17, 15) is 4.79 Å². The summed E-state index contributed by atoms with van der Waals surface area (Å²) in [6, 6.07) is 3.96. The van der Waals surface area contributed by atoms with Crippen molar-refractivity contribution < 1.29 is 9.90 Å². The Morgan fingerprint density at radius 1 is 1.45 bits per heavy atom. The number of nitrogens with zero attached hydrogens (tertiary/aromatic N) is 3. The lowest BCUT2D eigenvalue weighted by Crippen LogP contribution is -2.39. The summed E-state index contributed by atoms with van der Waals surface area (Å²) in [4.78, 5) is 21.7. The summed E-state index contributed by atoms with van der Waals surface area (Å²) >= 11 is 1.63. The number of piperidine rings is 1. The first-order valence-electron chi connectivity index (χ1n) is 6.56. The van der Waals surface area contributed by atoms with E-state index in [0.29, 0.717) is 6.54 Å². The maximum absolute atomic E-state index is 11.1. The normalized spacial score (nSPS) is 19.0. The van der Waals surface area contributed by atoms with Gasteiger partial charge in [-0.1, -0.05) is 0 Å². The van der Waals surface area contributed by atoms with Gasteiger partial charge in [0.05, 0.1) is 11.6 Å². The van der Waals surface area contributed by atoms with Crippen molar-refractivity contribution >= 4 is 23.1 Å². The second kappa shape index (κ2) is 5.58. The van der Waals surface area contributed by atoms with Crippen molar-refractivity contribution in [3.05, 3.63) is 29.2 Å². The van der Waals surface area contributed by atoms with Crippen molar-refractivity contribution in [2.45, 2.75) is 12.8 Å². The molecule has 1 aliphatic heterocycles. The fourth-order valence-corrected chi connectivity index (χ4v) is 3.12. The van der Waals surface area contributed by atoms with Crippen LogP contribution in [-0.2, 0) is 4.79 Å². The van der Waals surface area contributed by atoms with Crippen LogP contribution in [0.5, 0.6) is 0 Å². The molecule has 0 amide bonds. The average molecular weight is 289 g/mol. The smallest absolute Gasteiger partial charge is 0.308 e.